The lowest BCUT2D eigenvalue weighted by Gasteiger charge is -2.18. The SMILES string of the molecule is CC(C)c1cc(-c2cccc(/C=C(\C(=O)N3CCCC3)c3ccncc3)c2)c2ncccc2c1. The minimum absolute atomic E-state index is 0.0861. The van der Waals surface area contributed by atoms with Gasteiger partial charge in [0, 0.05) is 48.2 Å². The van der Waals surface area contributed by atoms with Gasteiger partial charge in [-0.25, -0.2) is 0 Å². The monoisotopic (exact) mass is 447 g/mol. The van der Waals surface area contributed by atoms with Crippen molar-refractivity contribution in [3.05, 3.63) is 95.9 Å². The first-order valence-corrected chi connectivity index (χ1v) is 12.0. The Balaban J connectivity index is 1.62. The molecule has 0 radical (unpaired) electrons. The molecular formula is C30H29N3O. The second-order valence-electron chi connectivity index (χ2n) is 9.22. The summed E-state index contributed by atoms with van der Waals surface area (Å²) < 4.78 is 0. The number of carbonyl (C=O) groups excluding carboxylic acids is 1. The van der Waals surface area contributed by atoms with Crippen LogP contribution in [0, 0.1) is 0 Å². The largest absolute Gasteiger partial charge is 0.339 e. The van der Waals surface area contributed by atoms with Crippen molar-refractivity contribution in [2.75, 3.05) is 13.1 Å². The van der Waals surface area contributed by atoms with Gasteiger partial charge in [-0.1, -0.05) is 38.1 Å². The van der Waals surface area contributed by atoms with Crippen LogP contribution in [-0.4, -0.2) is 33.9 Å². The van der Waals surface area contributed by atoms with Crippen LogP contribution >= 0.6 is 0 Å². The predicted molar refractivity (Wildman–Crippen MR) is 139 cm³/mol. The molecule has 0 spiro atoms. The fraction of sp³-hybridized carbons (Fsp3) is 0.233. The second kappa shape index (κ2) is 9.60. The van der Waals surface area contributed by atoms with E-state index in [1.807, 2.05) is 35.4 Å². The van der Waals surface area contributed by atoms with E-state index in [1.165, 1.54) is 5.56 Å². The molecule has 0 N–H and O–H groups in total. The highest BCUT2D eigenvalue weighted by atomic mass is 16.2. The number of fused-ring (bicyclic) bond motifs is 1. The van der Waals surface area contributed by atoms with Gasteiger partial charge in [0.25, 0.3) is 5.91 Å². The molecule has 170 valence electrons. The number of amides is 1. The van der Waals surface area contributed by atoms with E-state index in [4.69, 9.17) is 4.98 Å². The van der Waals surface area contributed by atoms with Crippen molar-refractivity contribution in [2.24, 2.45) is 0 Å². The molecule has 0 unspecified atom stereocenters. The molecule has 0 saturated carbocycles. The summed E-state index contributed by atoms with van der Waals surface area (Å²) in [6.07, 6.45) is 9.48. The van der Waals surface area contributed by atoms with Crippen LogP contribution in [-0.2, 0) is 4.79 Å². The predicted octanol–water partition coefficient (Wildman–Crippen LogP) is 6.58. The van der Waals surface area contributed by atoms with Crippen LogP contribution in [0.5, 0.6) is 0 Å². The highest BCUT2D eigenvalue weighted by Gasteiger charge is 2.22. The lowest BCUT2D eigenvalue weighted by Crippen LogP contribution is -2.28. The zero-order valence-electron chi connectivity index (χ0n) is 19.7. The van der Waals surface area contributed by atoms with Crippen molar-refractivity contribution in [1.29, 1.82) is 0 Å². The third-order valence-electron chi connectivity index (χ3n) is 6.52. The van der Waals surface area contributed by atoms with Gasteiger partial charge in [0.15, 0.2) is 0 Å². The van der Waals surface area contributed by atoms with Gasteiger partial charge in [-0.05, 0) is 83.5 Å². The average molecular weight is 448 g/mol. The van der Waals surface area contributed by atoms with Crippen LogP contribution in [0.25, 0.3) is 33.7 Å². The van der Waals surface area contributed by atoms with Crippen molar-refractivity contribution in [1.82, 2.24) is 14.9 Å². The van der Waals surface area contributed by atoms with Crippen LogP contribution < -0.4 is 0 Å². The van der Waals surface area contributed by atoms with Gasteiger partial charge in [-0.3, -0.25) is 14.8 Å². The van der Waals surface area contributed by atoms with E-state index in [2.05, 4.69) is 61.3 Å². The van der Waals surface area contributed by atoms with Gasteiger partial charge in [-0.2, -0.15) is 0 Å². The molecule has 4 aromatic rings. The first-order chi connectivity index (χ1) is 16.6. The molecule has 1 aliphatic heterocycles. The molecule has 0 bridgehead atoms. The molecule has 4 heteroatoms. The lowest BCUT2D eigenvalue weighted by atomic mass is 9.93. The van der Waals surface area contributed by atoms with Crippen LogP contribution in [0.2, 0.25) is 0 Å². The molecular weight excluding hydrogens is 418 g/mol. The van der Waals surface area contributed by atoms with Gasteiger partial charge in [0.2, 0.25) is 0 Å². The zero-order valence-corrected chi connectivity index (χ0v) is 19.7. The number of hydrogen-bond acceptors (Lipinski definition) is 3. The third kappa shape index (κ3) is 4.49. The van der Waals surface area contributed by atoms with Crippen molar-refractivity contribution in [2.45, 2.75) is 32.6 Å². The summed E-state index contributed by atoms with van der Waals surface area (Å²) in [6, 6.07) is 20.8. The van der Waals surface area contributed by atoms with E-state index in [0.717, 1.165) is 59.1 Å². The molecule has 3 heterocycles. The normalized spacial score (nSPS) is 14.2. The molecule has 1 saturated heterocycles. The van der Waals surface area contributed by atoms with E-state index >= 15 is 0 Å². The fourth-order valence-corrected chi connectivity index (χ4v) is 4.62. The first-order valence-electron chi connectivity index (χ1n) is 12.0. The van der Waals surface area contributed by atoms with E-state index in [9.17, 15) is 4.79 Å². The summed E-state index contributed by atoms with van der Waals surface area (Å²) >= 11 is 0. The molecule has 2 aromatic heterocycles. The second-order valence-corrected chi connectivity index (χ2v) is 9.22. The highest BCUT2D eigenvalue weighted by Crippen LogP contribution is 2.33. The topological polar surface area (TPSA) is 46.1 Å². The van der Waals surface area contributed by atoms with E-state index in [-0.39, 0.29) is 5.91 Å². The number of rotatable bonds is 5. The van der Waals surface area contributed by atoms with Crippen molar-refractivity contribution in [3.8, 4) is 11.1 Å². The van der Waals surface area contributed by atoms with Crippen molar-refractivity contribution >= 4 is 28.5 Å². The Kier molecular flexibility index (Phi) is 6.22. The number of pyridine rings is 2. The Bertz CT molecular complexity index is 1350. The molecule has 1 fully saturated rings. The van der Waals surface area contributed by atoms with Gasteiger partial charge in [0.1, 0.15) is 0 Å². The maximum atomic E-state index is 13.4. The standard InChI is InChI=1S/C30H29N3O/c1-21(2)26-19-25-9-6-12-32-29(25)27(20-26)24-8-5-7-22(17-24)18-28(23-10-13-31-14-11-23)30(34)33-15-3-4-16-33/h5-14,17-21H,3-4,15-16H2,1-2H3/b28-18-. The Morgan fingerprint density at radius 1 is 0.941 bits per heavy atom. The summed E-state index contributed by atoms with van der Waals surface area (Å²) in [5.41, 5.74) is 7.10. The number of carbonyl (C=O) groups is 1. The number of nitrogens with zero attached hydrogens (tertiary/aromatic N) is 3. The maximum Gasteiger partial charge on any atom is 0.254 e. The maximum absolute atomic E-state index is 13.4. The molecule has 5 rings (SSSR count). The van der Waals surface area contributed by atoms with Gasteiger partial charge in [0.05, 0.1) is 5.52 Å². The van der Waals surface area contributed by atoms with Crippen molar-refractivity contribution < 1.29 is 4.79 Å². The van der Waals surface area contributed by atoms with Crippen LogP contribution in [0.4, 0.5) is 0 Å². The zero-order chi connectivity index (χ0) is 23.5. The van der Waals surface area contributed by atoms with Crippen molar-refractivity contribution in [3.63, 3.8) is 0 Å². The highest BCUT2D eigenvalue weighted by molar-refractivity contribution is 6.24. The molecule has 2 aromatic carbocycles. The van der Waals surface area contributed by atoms with E-state index < -0.39 is 0 Å². The summed E-state index contributed by atoms with van der Waals surface area (Å²) in [5.74, 6) is 0.505. The number of benzene rings is 2. The first kappa shape index (κ1) is 22.0. The summed E-state index contributed by atoms with van der Waals surface area (Å²) in [7, 11) is 0. The lowest BCUT2D eigenvalue weighted by molar-refractivity contribution is -0.123. The van der Waals surface area contributed by atoms with Gasteiger partial charge in [-0.15, -0.1) is 0 Å². The quantitative estimate of drug-likeness (QED) is 0.325. The molecule has 0 atom stereocenters. The number of aromatic nitrogens is 2. The Hall–Kier alpha value is -3.79. The summed E-state index contributed by atoms with van der Waals surface area (Å²) in [6.45, 7) is 6.07. The molecule has 0 aliphatic carbocycles. The minimum atomic E-state index is 0.0861. The molecule has 34 heavy (non-hydrogen) atoms. The van der Waals surface area contributed by atoms with E-state index in [1.54, 1.807) is 12.4 Å². The number of likely N-dealkylation sites (tertiary alicyclic amines) is 1. The van der Waals surface area contributed by atoms with Crippen LogP contribution in [0.1, 0.15) is 49.3 Å². The Morgan fingerprint density at radius 2 is 1.74 bits per heavy atom. The Labute approximate surface area is 201 Å². The number of hydrogen-bond donors (Lipinski definition) is 0. The van der Waals surface area contributed by atoms with Crippen LogP contribution in [0.3, 0.4) is 0 Å². The van der Waals surface area contributed by atoms with Crippen LogP contribution in [0.15, 0.2) is 79.3 Å². The molecule has 4 nitrogen and oxygen atoms in total. The Morgan fingerprint density at radius 3 is 2.50 bits per heavy atom. The third-order valence-corrected chi connectivity index (χ3v) is 6.52. The molecule has 1 aliphatic rings. The summed E-state index contributed by atoms with van der Waals surface area (Å²) in [5, 5.41) is 1.14. The average Bonchev–Trinajstić information content (AvgIpc) is 3.42. The summed E-state index contributed by atoms with van der Waals surface area (Å²) in [4.78, 5) is 24.2. The van der Waals surface area contributed by atoms with Gasteiger partial charge < -0.3 is 4.90 Å². The fourth-order valence-electron chi connectivity index (χ4n) is 4.62. The molecule has 1 amide bonds. The van der Waals surface area contributed by atoms with E-state index in [0.29, 0.717) is 11.5 Å². The van der Waals surface area contributed by atoms with Gasteiger partial charge >= 0.3 is 0 Å². The minimum Gasteiger partial charge on any atom is -0.339 e. The smallest absolute Gasteiger partial charge is 0.254 e.